The van der Waals surface area contributed by atoms with Gasteiger partial charge in [0.2, 0.25) is 5.60 Å². The number of halogens is 2. The van der Waals surface area contributed by atoms with E-state index in [0.29, 0.717) is 12.3 Å². The van der Waals surface area contributed by atoms with E-state index in [-0.39, 0.29) is 44.1 Å². The van der Waals surface area contributed by atoms with Gasteiger partial charge in [0.05, 0.1) is 12.2 Å². The second-order valence-corrected chi connectivity index (χ2v) is 14.6. The summed E-state index contributed by atoms with van der Waals surface area (Å²) in [5, 5.41) is 31.1. The van der Waals surface area contributed by atoms with Gasteiger partial charge in [0, 0.05) is 28.6 Å². The zero-order chi connectivity index (χ0) is 29.5. The van der Waals surface area contributed by atoms with Crippen molar-refractivity contribution in [3.63, 3.8) is 0 Å². The number of rotatable bonds is 4. The predicted octanol–water partition coefficient (Wildman–Crippen LogP) is 4.79. The van der Waals surface area contributed by atoms with Crippen LogP contribution in [0, 0.1) is 57.7 Å². The molecule has 0 aromatic rings. The first kappa shape index (κ1) is 29.1. The quantitative estimate of drug-likeness (QED) is 0.455. The molecule has 0 spiro atoms. The molecule has 14 atom stereocenters. The maximum atomic E-state index is 17.7. The summed E-state index contributed by atoms with van der Waals surface area (Å²) >= 11 is 0. The Morgan fingerprint density at radius 3 is 2.41 bits per heavy atom. The van der Waals surface area contributed by atoms with E-state index in [4.69, 9.17) is 19.5 Å². The van der Waals surface area contributed by atoms with Crippen molar-refractivity contribution in [3.05, 3.63) is 0 Å². The zero-order valence-corrected chi connectivity index (χ0v) is 24.2. The van der Waals surface area contributed by atoms with E-state index >= 15 is 8.78 Å². The summed E-state index contributed by atoms with van der Waals surface area (Å²) in [6.45, 7) is 4.57. The fraction of sp³-hybridized carbons (Fsp3) is 0.903. The largest absolute Gasteiger partial charge is 0.509 e. The molecule has 6 aliphatic carbocycles. The Morgan fingerprint density at radius 1 is 1.00 bits per heavy atom. The fourth-order valence-electron chi connectivity index (χ4n) is 11.0. The molecule has 6 aliphatic rings. The van der Waals surface area contributed by atoms with E-state index in [0.717, 1.165) is 25.7 Å². The summed E-state index contributed by atoms with van der Waals surface area (Å²) in [6, 6.07) is 1.78. The number of alkyl halides is 2. The first-order valence-electron chi connectivity index (χ1n) is 15.4. The monoisotopic (exact) mass is 579 g/mol. The molecule has 2 unspecified atom stereocenters. The highest BCUT2D eigenvalue weighted by Crippen LogP contribution is 2.73. The lowest BCUT2D eigenvalue weighted by Crippen LogP contribution is -2.73. The topological polar surface area (TPSA) is 126 Å². The van der Waals surface area contributed by atoms with Gasteiger partial charge in [-0.05, 0) is 82.0 Å². The molecule has 41 heavy (non-hydrogen) atoms. The van der Waals surface area contributed by atoms with Crippen molar-refractivity contribution in [2.24, 2.45) is 46.3 Å². The molecule has 0 aliphatic heterocycles. The molecule has 228 valence electrons. The van der Waals surface area contributed by atoms with E-state index < -0.39 is 82.9 Å². The van der Waals surface area contributed by atoms with Crippen LogP contribution in [0.2, 0.25) is 0 Å². The highest BCUT2D eigenvalue weighted by molar-refractivity contribution is 5.85. The Balaban J connectivity index is 1.36. The SMILES string of the molecule is C[C@@H]1C[C@H]2[C@@H]3C[C@H](F)C4CC(O)CC[C@]4(C)[C@@]3(F)[C@@H](O)C[C@]2(C)[C@@]1(OC(=O)O[C@@H]1C[C@@H]2CC[C@H]1C2)C(=O)OCC#N. The van der Waals surface area contributed by atoms with Crippen LogP contribution in [0.4, 0.5) is 13.6 Å². The van der Waals surface area contributed by atoms with Gasteiger partial charge in [0.15, 0.2) is 6.61 Å². The maximum Gasteiger partial charge on any atom is 0.509 e. The van der Waals surface area contributed by atoms with Crippen molar-refractivity contribution in [3.8, 4) is 6.07 Å². The predicted molar refractivity (Wildman–Crippen MR) is 140 cm³/mol. The lowest BCUT2D eigenvalue weighted by molar-refractivity contribution is -0.274. The molecule has 8 nitrogen and oxygen atoms in total. The van der Waals surface area contributed by atoms with Gasteiger partial charge in [-0.25, -0.2) is 18.4 Å². The summed E-state index contributed by atoms with van der Waals surface area (Å²) in [5.74, 6) is -3.10. The molecule has 0 heterocycles. The first-order chi connectivity index (χ1) is 19.3. The number of hydrogen-bond donors (Lipinski definition) is 2. The smallest absolute Gasteiger partial charge is 0.447 e. The van der Waals surface area contributed by atoms with Gasteiger partial charge in [-0.1, -0.05) is 20.8 Å². The molecule has 6 fully saturated rings. The van der Waals surface area contributed by atoms with Crippen LogP contribution >= 0.6 is 0 Å². The number of carbonyl (C=O) groups excluding carboxylic acids is 2. The van der Waals surface area contributed by atoms with Crippen molar-refractivity contribution in [2.45, 2.75) is 121 Å². The minimum Gasteiger partial charge on any atom is -0.447 e. The number of aliphatic hydroxyl groups is 2. The van der Waals surface area contributed by atoms with Gasteiger partial charge >= 0.3 is 12.1 Å². The van der Waals surface area contributed by atoms with Crippen molar-refractivity contribution >= 4 is 12.1 Å². The molecule has 0 radical (unpaired) electrons. The van der Waals surface area contributed by atoms with E-state index in [1.807, 2.05) is 0 Å². The number of esters is 1. The van der Waals surface area contributed by atoms with Gasteiger partial charge in [0.25, 0.3) is 0 Å². The number of nitrogens with zero attached hydrogens (tertiary/aromatic N) is 1. The number of nitriles is 1. The number of ether oxygens (including phenoxy) is 3. The second kappa shape index (κ2) is 9.77. The highest BCUT2D eigenvalue weighted by Gasteiger charge is 2.79. The summed E-state index contributed by atoms with van der Waals surface area (Å²) in [4.78, 5) is 27.2. The molecule has 2 bridgehead atoms. The molecule has 6 saturated carbocycles. The third-order valence-electron chi connectivity index (χ3n) is 13.0. The summed E-state index contributed by atoms with van der Waals surface area (Å²) in [5.41, 5.74) is -6.60. The van der Waals surface area contributed by atoms with Crippen molar-refractivity contribution in [1.82, 2.24) is 0 Å². The fourth-order valence-corrected chi connectivity index (χ4v) is 11.0. The molecular formula is C31H43F2NO7. The van der Waals surface area contributed by atoms with Gasteiger partial charge in [-0.2, -0.15) is 5.26 Å². The molecule has 0 aromatic carbocycles. The van der Waals surface area contributed by atoms with Crippen LogP contribution in [0.5, 0.6) is 0 Å². The van der Waals surface area contributed by atoms with Crippen molar-refractivity contribution in [1.29, 1.82) is 5.26 Å². The normalized spacial score (nSPS) is 53.4. The average Bonchev–Trinajstić information content (AvgIpc) is 3.59. The Bertz CT molecular complexity index is 1130. The minimum atomic E-state index is -2.15. The minimum absolute atomic E-state index is 0.142. The third kappa shape index (κ3) is 3.86. The van der Waals surface area contributed by atoms with E-state index in [1.165, 1.54) is 0 Å². The molecular weight excluding hydrogens is 536 g/mol. The summed E-state index contributed by atoms with van der Waals surface area (Å²) in [6.07, 6.45) is -0.548. The Kier molecular flexibility index (Phi) is 6.93. The Morgan fingerprint density at radius 2 is 1.76 bits per heavy atom. The van der Waals surface area contributed by atoms with Crippen molar-refractivity contribution in [2.75, 3.05) is 6.61 Å². The van der Waals surface area contributed by atoms with Crippen LogP contribution < -0.4 is 0 Å². The molecule has 0 aromatic heterocycles. The summed E-state index contributed by atoms with van der Waals surface area (Å²) in [7, 11) is 0. The Hall–Kier alpha value is -1.99. The molecule has 0 amide bonds. The molecule has 10 heteroatoms. The van der Waals surface area contributed by atoms with Crippen LogP contribution in [0.3, 0.4) is 0 Å². The first-order valence-corrected chi connectivity index (χ1v) is 15.4. The van der Waals surface area contributed by atoms with Gasteiger partial charge in [-0.15, -0.1) is 0 Å². The number of hydrogen-bond acceptors (Lipinski definition) is 8. The van der Waals surface area contributed by atoms with Crippen molar-refractivity contribution < 1.29 is 42.8 Å². The van der Waals surface area contributed by atoms with E-state index in [9.17, 15) is 19.8 Å². The molecule has 2 N–H and O–H groups in total. The third-order valence-corrected chi connectivity index (χ3v) is 13.0. The second-order valence-electron chi connectivity index (χ2n) is 14.6. The molecule has 6 rings (SSSR count). The highest BCUT2D eigenvalue weighted by atomic mass is 19.1. The van der Waals surface area contributed by atoms with Crippen LogP contribution in [-0.4, -0.2) is 64.7 Å². The zero-order valence-electron chi connectivity index (χ0n) is 24.2. The van der Waals surface area contributed by atoms with E-state index in [2.05, 4.69) is 0 Å². The summed E-state index contributed by atoms with van der Waals surface area (Å²) < 4.78 is 50.7. The van der Waals surface area contributed by atoms with Gasteiger partial charge in [0.1, 0.15) is 24.0 Å². The lowest BCUT2D eigenvalue weighted by atomic mass is 9.41. The van der Waals surface area contributed by atoms with Crippen LogP contribution in [0.1, 0.15) is 85.0 Å². The molecule has 0 saturated heterocycles. The number of carbonyl (C=O) groups is 2. The number of aliphatic hydroxyl groups excluding tert-OH is 2. The maximum absolute atomic E-state index is 17.7. The van der Waals surface area contributed by atoms with E-state index in [1.54, 1.807) is 26.8 Å². The standard InChI is InChI=1S/C31H43F2NO7/c1-16-10-20-21-14-23(32)22-13-19(35)6-7-28(22,2)30(21,33)25(36)15-29(20,3)31(16,26(37)39-9-8-34)41-27(38)40-24-12-17-4-5-18(24)11-17/h16-25,35-36H,4-7,9-15H2,1-3H3/t16-,17-,18+,19?,20+,21+,22?,23+,24-,25+,28+,29+,30+,31+/m1/s1. The van der Waals surface area contributed by atoms with Gasteiger partial charge < -0.3 is 24.4 Å². The average molecular weight is 580 g/mol. The number of fused-ring (bicyclic) bond motifs is 7. The van der Waals surface area contributed by atoms with Crippen LogP contribution in [0.25, 0.3) is 0 Å². The Labute approximate surface area is 240 Å². The van der Waals surface area contributed by atoms with Crippen LogP contribution in [-0.2, 0) is 19.0 Å². The van der Waals surface area contributed by atoms with Crippen LogP contribution in [0.15, 0.2) is 0 Å². The lowest BCUT2D eigenvalue weighted by Gasteiger charge is -2.66. The van der Waals surface area contributed by atoms with Gasteiger partial charge in [-0.3, -0.25) is 0 Å².